The lowest BCUT2D eigenvalue weighted by molar-refractivity contribution is -0.119. The first kappa shape index (κ1) is 15.6. The van der Waals surface area contributed by atoms with Gasteiger partial charge >= 0.3 is 0 Å². The van der Waals surface area contributed by atoms with E-state index in [0.29, 0.717) is 17.4 Å². The number of fused-ring (bicyclic) bond motifs is 1. The molecule has 3 aliphatic rings. The molecule has 2 aliphatic carbocycles. The lowest BCUT2D eigenvalue weighted by Crippen LogP contribution is -2.35. The third kappa shape index (κ3) is 2.61. The molecule has 1 aromatic rings. The molecule has 2 saturated carbocycles. The van der Waals surface area contributed by atoms with E-state index in [1.807, 2.05) is 29.2 Å². The molecule has 3 unspecified atom stereocenters. The maximum absolute atomic E-state index is 13.1. The van der Waals surface area contributed by atoms with Gasteiger partial charge in [-0.2, -0.15) is 0 Å². The molecule has 5 heteroatoms. The Bertz CT molecular complexity index is 670. The summed E-state index contributed by atoms with van der Waals surface area (Å²) in [6, 6.07) is 7.69. The number of benzene rings is 1. The number of anilines is 1. The lowest BCUT2D eigenvalue weighted by atomic mass is 9.98. The lowest BCUT2D eigenvalue weighted by Gasteiger charge is -2.24. The van der Waals surface area contributed by atoms with Crippen LogP contribution in [0.3, 0.4) is 0 Å². The van der Waals surface area contributed by atoms with Crippen molar-refractivity contribution < 1.29 is 9.59 Å². The number of carbonyl (C=O) groups excluding carboxylic acids is 2. The zero-order chi connectivity index (χ0) is 16.8. The first-order chi connectivity index (χ1) is 11.6. The Hall–Kier alpha value is -1.88. The highest BCUT2D eigenvalue weighted by Gasteiger charge is 2.43. The van der Waals surface area contributed by atoms with E-state index in [4.69, 9.17) is 5.73 Å². The standard InChI is InChI=1S/C19H25N3O2/c1-21(18(23)12-6-7-12)17-5-3-2-4-14(17)19(24)22-10-13-8-9-16(20)15(13)11-22/h2-5,12-13,15-16H,6-11,20H2,1H3. The Balaban J connectivity index is 1.56. The molecule has 3 atom stereocenters. The third-order valence-corrected chi connectivity index (χ3v) is 5.95. The van der Waals surface area contributed by atoms with Crippen molar-refractivity contribution in [1.82, 2.24) is 4.90 Å². The molecule has 1 saturated heterocycles. The first-order valence-corrected chi connectivity index (χ1v) is 8.97. The van der Waals surface area contributed by atoms with Crippen LogP contribution in [-0.4, -0.2) is 42.9 Å². The highest BCUT2D eigenvalue weighted by Crippen LogP contribution is 2.38. The summed E-state index contributed by atoms with van der Waals surface area (Å²) in [6.45, 7) is 1.55. The molecule has 0 radical (unpaired) electrons. The van der Waals surface area contributed by atoms with E-state index in [-0.39, 0.29) is 23.8 Å². The molecule has 4 rings (SSSR count). The van der Waals surface area contributed by atoms with Gasteiger partial charge in [-0.3, -0.25) is 9.59 Å². The second kappa shape index (κ2) is 5.88. The van der Waals surface area contributed by atoms with Crippen LogP contribution in [0.25, 0.3) is 0 Å². The van der Waals surface area contributed by atoms with Gasteiger partial charge in [0, 0.05) is 32.1 Å². The average molecular weight is 327 g/mol. The van der Waals surface area contributed by atoms with Gasteiger partial charge in [-0.05, 0) is 49.7 Å². The van der Waals surface area contributed by atoms with Crippen LogP contribution in [-0.2, 0) is 4.79 Å². The van der Waals surface area contributed by atoms with E-state index in [2.05, 4.69) is 0 Å². The van der Waals surface area contributed by atoms with Crippen LogP contribution in [0.4, 0.5) is 5.69 Å². The predicted octanol–water partition coefficient (Wildman–Crippen LogP) is 1.87. The second-order valence-corrected chi connectivity index (χ2v) is 7.56. The minimum atomic E-state index is 0.0302. The van der Waals surface area contributed by atoms with Crippen LogP contribution in [0.15, 0.2) is 24.3 Å². The van der Waals surface area contributed by atoms with Gasteiger partial charge in [-0.1, -0.05) is 12.1 Å². The highest BCUT2D eigenvalue weighted by molar-refractivity contribution is 6.05. The summed E-state index contributed by atoms with van der Waals surface area (Å²) >= 11 is 0. The zero-order valence-corrected chi connectivity index (χ0v) is 14.1. The molecule has 0 bridgehead atoms. The molecular weight excluding hydrogens is 302 g/mol. The fourth-order valence-electron chi connectivity index (χ4n) is 4.31. The van der Waals surface area contributed by atoms with Gasteiger partial charge in [0.2, 0.25) is 5.91 Å². The number of nitrogens with two attached hydrogens (primary N) is 1. The van der Waals surface area contributed by atoms with Crippen LogP contribution in [0, 0.1) is 17.8 Å². The Kier molecular flexibility index (Phi) is 3.83. The van der Waals surface area contributed by atoms with Gasteiger partial charge in [0.1, 0.15) is 0 Å². The van der Waals surface area contributed by atoms with Crippen LogP contribution < -0.4 is 10.6 Å². The van der Waals surface area contributed by atoms with E-state index in [1.54, 1.807) is 11.9 Å². The van der Waals surface area contributed by atoms with Crippen molar-refractivity contribution in [3.8, 4) is 0 Å². The van der Waals surface area contributed by atoms with Crippen molar-refractivity contribution in [2.45, 2.75) is 31.7 Å². The first-order valence-electron chi connectivity index (χ1n) is 8.97. The summed E-state index contributed by atoms with van der Waals surface area (Å²) in [5.41, 5.74) is 7.54. The normalized spacial score (nSPS) is 28.8. The van der Waals surface area contributed by atoms with Gasteiger partial charge in [0.15, 0.2) is 0 Å². The smallest absolute Gasteiger partial charge is 0.255 e. The van der Waals surface area contributed by atoms with Gasteiger partial charge < -0.3 is 15.5 Å². The summed E-state index contributed by atoms with van der Waals surface area (Å²) in [4.78, 5) is 29.0. The van der Waals surface area contributed by atoms with Crippen molar-refractivity contribution >= 4 is 17.5 Å². The molecule has 1 aliphatic heterocycles. The summed E-state index contributed by atoms with van der Waals surface area (Å²) < 4.78 is 0. The molecule has 128 valence electrons. The summed E-state index contributed by atoms with van der Waals surface area (Å²) in [6.07, 6.45) is 4.13. The average Bonchev–Trinajstić information content (AvgIpc) is 3.27. The quantitative estimate of drug-likeness (QED) is 0.921. The minimum Gasteiger partial charge on any atom is -0.338 e. The fourth-order valence-corrected chi connectivity index (χ4v) is 4.31. The molecule has 3 fully saturated rings. The largest absolute Gasteiger partial charge is 0.338 e. The summed E-state index contributed by atoms with van der Waals surface area (Å²) in [5, 5.41) is 0. The van der Waals surface area contributed by atoms with E-state index in [9.17, 15) is 9.59 Å². The van der Waals surface area contributed by atoms with E-state index < -0.39 is 0 Å². The number of rotatable bonds is 3. The Morgan fingerprint density at radius 1 is 1.12 bits per heavy atom. The molecule has 1 aromatic carbocycles. The Morgan fingerprint density at radius 3 is 2.58 bits per heavy atom. The second-order valence-electron chi connectivity index (χ2n) is 7.56. The summed E-state index contributed by atoms with van der Waals surface area (Å²) in [7, 11) is 1.78. The summed E-state index contributed by atoms with van der Waals surface area (Å²) in [5.74, 6) is 1.27. The Labute approximate surface area is 142 Å². The number of hydrogen-bond donors (Lipinski definition) is 1. The number of amides is 2. The topological polar surface area (TPSA) is 66.6 Å². The van der Waals surface area contributed by atoms with Crippen LogP contribution in [0.2, 0.25) is 0 Å². The monoisotopic (exact) mass is 327 g/mol. The molecule has 5 nitrogen and oxygen atoms in total. The molecular formula is C19H25N3O2. The van der Waals surface area contributed by atoms with Crippen LogP contribution in [0.5, 0.6) is 0 Å². The Morgan fingerprint density at radius 2 is 1.88 bits per heavy atom. The highest BCUT2D eigenvalue weighted by atomic mass is 16.2. The van der Waals surface area contributed by atoms with Crippen molar-refractivity contribution in [2.75, 3.05) is 25.0 Å². The molecule has 0 spiro atoms. The molecule has 0 aromatic heterocycles. The van der Waals surface area contributed by atoms with E-state index in [0.717, 1.165) is 44.5 Å². The maximum atomic E-state index is 13.1. The number of hydrogen-bond acceptors (Lipinski definition) is 3. The molecule has 2 amide bonds. The molecule has 1 heterocycles. The number of nitrogens with zero attached hydrogens (tertiary/aromatic N) is 2. The van der Waals surface area contributed by atoms with E-state index >= 15 is 0 Å². The van der Waals surface area contributed by atoms with Gasteiger partial charge in [0.05, 0.1) is 11.3 Å². The van der Waals surface area contributed by atoms with Gasteiger partial charge in [-0.25, -0.2) is 0 Å². The maximum Gasteiger partial charge on any atom is 0.255 e. The SMILES string of the molecule is CN(C(=O)C1CC1)c1ccccc1C(=O)N1CC2CCC(N)C2C1. The van der Waals surface area contributed by atoms with Gasteiger partial charge in [-0.15, -0.1) is 0 Å². The van der Waals surface area contributed by atoms with Crippen LogP contribution >= 0.6 is 0 Å². The van der Waals surface area contributed by atoms with Crippen LogP contribution in [0.1, 0.15) is 36.0 Å². The van der Waals surface area contributed by atoms with Crippen molar-refractivity contribution in [2.24, 2.45) is 23.5 Å². The van der Waals surface area contributed by atoms with Crippen molar-refractivity contribution in [1.29, 1.82) is 0 Å². The third-order valence-electron chi connectivity index (χ3n) is 5.95. The minimum absolute atomic E-state index is 0.0302. The van der Waals surface area contributed by atoms with Crippen molar-refractivity contribution in [3.63, 3.8) is 0 Å². The molecule has 2 N–H and O–H groups in total. The number of para-hydroxylation sites is 1. The molecule has 24 heavy (non-hydrogen) atoms. The van der Waals surface area contributed by atoms with Crippen molar-refractivity contribution in [3.05, 3.63) is 29.8 Å². The fraction of sp³-hybridized carbons (Fsp3) is 0.579. The number of carbonyl (C=O) groups is 2. The number of likely N-dealkylation sites (tertiary alicyclic amines) is 1. The van der Waals surface area contributed by atoms with E-state index in [1.165, 1.54) is 0 Å². The van der Waals surface area contributed by atoms with Gasteiger partial charge in [0.25, 0.3) is 5.91 Å². The predicted molar refractivity (Wildman–Crippen MR) is 92.7 cm³/mol. The zero-order valence-electron chi connectivity index (χ0n) is 14.1.